The van der Waals surface area contributed by atoms with E-state index in [1.54, 1.807) is 36.8 Å². The third kappa shape index (κ3) is 3.76. The van der Waals surface area contributed by atoms with Gasteiger partial charge in [-0.2, -0.15) is 18.3 Å². The maximum atomic E-state index is 13.8. The van der Waals surface area contributed by atoms with Gasteiger partial charge in [-0.15, -0.1) is 0 Å². The van der Waals surface area contributed by atoms with E-state index < -0.39 is 23.3 Å². The average molecular weight is 403 g/mol. The molecule has 1 aliphatic heterocycles. The van der Waals surface area contributed by atoms with Crippen molar-refractivity contribution in [3.8, 4) is 5.69 Å². The van der Waals surface area contributed by atoms with Crippen molar-refractivity contribution in [3.63, 3.8) is 0 Å². The molecule has 6 nitrogen and oxygen atoms in total. The molecule has 152 valence electrons. The van der Waals surface area contributed by atoms with Crippen molar-refractivity contribution >= 4 is 5.91 Å². The first kappa shape index (κ1) is 19.2. The van der Waals surface area contributed by atoms with Crippen LogP contribution < -0.4 is 0 Å². The molecule has 0 N–H and O–H groups in total. The molecule has 0 atom stereocenters. The van der Waals surface area contributed by atoms with Crippen molar-refractivity contribution in [2.75, 3.05) is 13.1 Å². The maximum absolute atomic E-state index is 13.8. The number of imidazole rings is 1. The van der Waals surface area contributed by atoms with Gasteiger partial charge in [0.05, 0.1) is 23.8 Å². The summed E-state index contributed by atoms with van der Waals surface area (Å²) in [5.74, 6) is -0.639. The summed E-state index contributed by atoms with van der Waals surface area (Å²) in [6.07, 6.45) is 2.90. The van der Waals surface area contributed by atoms with Crippen molar-refractivity contribution in [3.05, 3.63) is 66.0 Å². The van der Waals surface area contributed by atoms with Crippen molar-refractivity contribution in [1.82, 2.24) is 24.2 Å². The van der Waals surface area contributed by atoms with E-state index in [-0.39, 0.29) is 11.7 Å². The molecule has 1 fully saturated rings. The Morgan fingerprint density at radius 2 is 1.83 bits per heavy atom. The molecule has 1 amide bonds. The van der Waals surface area contributed by atoms with E-state index in [1.165, 1.54) is 4.90 Å². The van der Waals surface area contributed by atoms with Crippen LogP contribution in [0.1, 0.15) is 40.5 Å². The number of carbonyl (C=O) groups excluding carboxylic acids is 1. The molecule has 1 aliphatic rings. The molecule has 1 saturated heterocycles. The summed E-state index contributed by atoms with van der Waals surface area (Å²) in [6, 6.07) is 6.73. The third-order valence-corrected chi connectivity index (χ3v) is 5.24. The van der Waals surface area contributed by atoms with Gasteiger partial charge in [0.1, 0.15) is 0 Å². The second-order valence-electron chi connectivity index (χ2n) is 7.19. The zero-order valence-corrected chi connectivity index (χ0v) is 15.8. The highest BCUT2D eigenvalue weighted by Gasteiger charge is 2.41. The number of amides is 1. The summed E-state index contributed by atoms with van der Waals surface area (Å²) < 4.78 is 44.3. The molecule has 3 heterocycles. The quantitative estimate of drug-likeness (QED) is 0.667. The highest BCUT2D eigenvalue weighted by atomic mass is 19.4. The van der Waals surface area contributed by atoms with Gasteiger partial charge in [-0.3, -0.25) is 4.79 Å². The molecular formula is C20H20F3N5O. The number of alkyl halides is 3. The molecule has 4 rings (SSSR count). The topological polar surface area (TPSA) is 56.0 Å². The fourth-order valence-corrected chi connectivity index (χ4v) is 3.68. The van der Waals surface area contributed by atoms with Gasteiger partial charge in [0.15, 0.2) is 5.69 Å². The number of nitrogens with zero attached hydrogens (tertiary/aromatic N) is 5. The van der Waals surface area contributed by atoms with Crippen molar-refractivity contribution in [2.45, 2.75) is 32.0 Å². The lowest BCUT2D eigenvalue weighted by molar-refractivity contribution is -0.143. The van der Waals surface area contributed by atoms with Gasteiger partial charge in [-0.05, 0) is 31.9 Å². The number of benzene rings is 1. The van der Waals surface area contributed by atoms with Crippen molar-refractivity contribution < 1.29 is 18.0 Å². The lowest BCUT2D eigenvalue weighted by atomic mass is 10.0. The predicted molar refractivity (Wildman–Crippen MR) is 99.7 cm³/mol. The van der Waals surface area contributed by atoms with E-state index >= 15 is 0 Å². The van der Waals surface area contributed by atoms with Crippen LogP contribution in [0.15, 0.2) is 49.2 Å². The molecule has 29 heavy (non-hydrogen) atoms. The smallest absolute Gasteiger partial charge is 0.338 e. The highest BCUT2D eigenvalue weighted by Crippen LogP contribution is 2.35. The van der Waals surface area contributed by atoms with Gasteiger partial charge in [0, 0.05) is 31.5 Å². The van der Waals surface area contributed by atoms with Crippen molar-refractivity contribution in [2.24, 2.45) is 0 Å². The predicted octanol–water partition coefficient (Wildman–Crippen LogP) is 3.87. The van der Waals surface area contributed by atoms with Crippen LogP contribution in [0.4, 0.5) is 13.2 Å². The monoisotopic (exact) mass is 403 g/mol. The van der Waals surface area contributed by atoms with Gasteiger partial charge in [-0.25, -0.2) is 9.67 Å². The van der Waals surface area contributed by atoms with E-state index in [0.717, 1.165) is 16.4 Å². The Kier molecular flexibility index (Phi) is 4.89. The Labute approximate surface area is 165 Å². The Bertz CT molecular complexity index is 984. The van der Waals surface area contributed by atoms with Crippen LogP contribution in [-0.4, -0.2) is 43.2 Å². The van der Waals surface area contributed by atoms with Gasteiger partial charge in [-0.1, -0.05) is 17.7 Å². The molecule has 0 aliphatic carbocycles. The first-order chi connectivity index (χ1) is 13.8. The van der Waals surface area contributed by atoms with Gasteiger partial charge in [0.25, 0.3) is 5.91 Å². The first-order valence-corrected chi connectivity index (χ1v) is 9.33. The molecule has 3 aromatic rings. The number of hydrogen-bond acceptors (Lipinski definition) is 3. The average Bonchev–Trinajstić information content (AvgIpc) is 3.38. The largest absolute Gasteiger partial charge is 0.434 e. The van der Waals surface area contributed by atoms with E-state index in [1.807, 2.05) is 17.7 Å². The Hall–Kier alpha value is -3.10. The molecule has 0 unspecified atom stereocenters. The number of likely N-dealkylation sites (tertiary alicyclic amines) is 1. The fraction of sp³-hybridized carbons (Fsp3) is 0.350. The second kappa shape index (κ2) is 7.38. The number of hydrogen-bond donors (Lipinski definition) is 0. The number of piperidine rings is 1. The summed E-state index contributed by atoms with van der Waals surface area (Å²) >= 11 is 0. The molecular weight excluding hydrogens is 383 g/mol. The van der Waals surface area contributed by atoms with E-state index in [9.17, 15) is 18.0 Å². The minimum atomic E-state index is -4.71. The number of carbonyl (C=O) groups is 1. The standard InChI is InChI=1S/C20H20F3N5O/c1-14-2-4-16(5-3-14)28-18(20(21,22)23)17(12-25-28)19(29)26-9-6-15(7-10-26)27-11-8-24-13-27/h2-5,8,11-13,15H,6-7,9-10H2,1H3. The third-order valence-electron chi connectivity index (χ3n) is 5.24. The molecule has 9 heteroatoms. The lowest BCUT2D eigenvalue weighted by Gasteiger charge is -2.32. The summed E-state index contributed by atoms with van der Waals surface area (Å²) in [4.78, 5) is 18.4. The number of aryl methyl sites for hydroxylation is 1. The molecule has 0 radical (unpaired) electrons. The SMILES string of the molecule is Cc1ccc(-n2ncc(C(=O)N3CCC(n4ccnc4)CC3)c2C(F)(F)F)cc1. The zero-order valence-electron chi connectivity index (χ0n) is 15.8. The lowest BCUT2D eigenvalue weighted by Crippen LogP contribution is -2.39. The normalized spacial score (nSPS) is 15.7. The van der Waals surface area contributed by atoms with Crippen LogP contribution in [0.25, 0.3) is 5.69 Å². The fourth-order valence-electron chi connectivity index (χ4n) is 3.68. The van der Waals surface area contributed by atoms with Crippen LogP contribution in [0, 0.1) is 6.92 Å². The zero-order chi connectivity index (χ0) is 20.6. The van der Waals surface area contributed by atoms with Crippen LogP contribution in [0.2, 0.25) is 0 Å². The number of rotatable bonds is 3. The number of aromatic nitrogens is 4. The van der Waals surface area contributed by atoms with Crippen LogP contribution >= 0.6 is 0 Å². The van der Waals surface area contributed by atoms with Crippen LogP contribution in [-0.2, 0) is 6.18 Å². The first-order valence-electron chi connectivity index (χ1n) is 9.33. The van der Waals surface area contributed by atoms with Gasteiger partial charge >= 0.3 is 6.18 Å². The molecule has 0 bridgehead atoms. The Morgan fingerprint density at radius 3 is 2.41 bits per heavy atom. The summed E-state index contributed by atoms with van der Waals surface area (Å²) in [7, 11) is 0. The van der Waals surface area contributed by atoms with Crippen molar-refractivity contribution in [1.29, 1.82) is 0 Å². The minimum Gasteiger partial charge on any atom is -0.338 e. The highest BCUT2D eigenvalue weighted by molar-refractivity contribution is 5.95. The van der Waals surface area contributed by atoms with E-state index in [2.05, 4.69) is 10.1 Å². The van der Waals surface area contributed by atoms with Gasteiger partial charge in [0.2, 0.25) is 0 Å². The number of halogens is 3. The summed E-state index contributed by atoms with van der Waals surface area (Å²) in [5, 5.41) is 3.89. The molecule has 1 aromatic carbocycles. The summed E-state index contributed by atoms with van der Waals surface area (Å²) in [6.45, 7) is 2.61. The maximum Gasteiger partial charge on any atom is 0.434 e. The summed E-state index contributed by atoms with van der Waals surface area (Å²) in [5.41, 5.74) is -0.269. The van der Waals surface area contributed by atoms with Gasteiger partial charge < -0.3 is 9.47 Å². The van der Waals surface area contributed by atoms with Crippen LogP contribution in [0.5, 0.6) is 0 Å². The van der Waals surface area contributed by atoms with E-state index in [4.69, 9.17) is 0 Å². The Morgan fingerprint density at radius 1 is 1.14 bits per heavy atom. The molecule has 0 saturated carbocycles. The Balaban J connectivity index is 1.60. The minimum absolute atomic E-state index is 0.193. The molecule has 2 aromatic heterocycles. The van der Waals surface area contributed by atoms with Crippen LogP contribution in [0.3, 0.4) is 0 Å². The molecule has 0 spiro atoms. The van der Waals surface area contributed by atoms with E-state index in [0.29, 0.717) is 25.9 Å². The second-order valence-corrected chi connectivity index (χ2v) is 7.19.